The number of aromatic amines is 1. The van der Waals surface area contributed by atoms with Gasteiger partial charge >= 0.3 is 0 Å². The number of nitrogens with zero attached hydrogens (tertiary/aromatic N) is 2. The Balaban J connectivity index is 1.23. The van der Waals surface area contributed by atoms with Gasteiger partial charge in [-0.15, -0.1) is 0 Å². The normalized spacial score (nSPS) is 17.9. The van der Waals surface area contributed by atoms with Crippen LogP contribution in [0.2, 0.25) is 0 Å². The third-order valence-electron chi connectivity index (χ3n) is 6.57. The van der Waals surface area contributed by atoms with Crippen molar-refractivity contribution in [1.29, 1.82) is 0 Å². The van der Waals surface area contributed by atoms with Gasteiger partial charge in [0.05, 0.1) is 6.04 Å². The van der Waals surface area contributed by atoms with Crippen molar-refractivity contribution in [2.75, 3.05) is 33.0 Å². The fourth-order valence-corrected chi connectivity index (χ4v) is 4.74. The Morgan fingerprint density at radius 1 is 1.03 bits per heavy atom. The number of aromatic nitrogens is 1. The summed E-state index contributed by atoms with van der Waals surface area (Å²) in [6.45, 7) is 11.0. The summed E-state index contributed by atoms with van der Waals surface area (Å²) in [5.41, 5.74) is 5.26. The number of fused-ring (bicyclic) bond motifs is 2. The first-order valence-electron chi connectivity index (χ1n) is 11.0. The maximum absolute atomic E-state index is 13.4. The Kier molecular flexibility index (Phi) is 5.20. The van der Waals surface area contributed by atoms with Crippen LogP contribution in [-0.2, 0) is 6.54 Å². The van der Waals surface area contributed by atoms with Crippen LogP contribution in [0.25, 0.3) is 10.9 Å². The van der Waals surface area contributed by atoms with Crippen molar-refractivity contribution >= 4 is 16.7 Å². The van der Waals surface area contributed by atoms with E-state index < -0.39 is 0 Å². The molecule has 0 unspecified atom stereocenters. The van der Waals surface area contributed by atoms with Crippen LogP contribution in [0.3, 0.4) is 0 Å². The van der Waals surface area contributed by atoms with E-state index in [0.29, 0.717) is 6.79 Å². The molecular weight excluding hydrogens is 390 g/mol. The highest BCUT2D eigenvalue weighted by Crippen LogP contribution is 2.33. The fourth-order valence-electron chi connectivity index (χ4n) is 4.74. The summed E-state index contributed by atoms with van der Waals surface area (Å²) in [6.07, 6.45) is 0. The molecule has 0 aliphatic carbocycles. The van der Waals surface area contributed by atoms with Crippen LogP contribution in [0.5, 0.6) is 11.5 Å². The predicted octanol–water partition coefficient (Wildman–Crippen LogP) is 3.90. The number of Topliss-reactive ketones (excluding diaryl/α,β-unsaturated/α-hetero) is 1. The van der Waals surface area contributed by atoms with Gasteiger partial charge in [0.2, 0.25) is 6.79 Å². The molecule has 0 bridgehead atoms. The predicted molar refractivity (Wildman–Crippen MR) is 121 cm³/mol. The van der Waals surface area contributed by atoms with Crippen LogP contribution in [0.15, 0.2) is 36.4 Å². The highest BCUT2D eigenvalue weighted by atomic mass is 16.7. The molecule has 1 fully saturated rings. The first-order valence-corrected chi connectivity index (χ1v) is 11.0. The number of hydrogen-bond donors (Lipinski definition) is 1. The van der Waals surface area contributed by atoms with Crippen LogP contribution in [-0.4, -0.2) is 59.6 Å². The van der Waals surface area contributed by atoms with Crippen molar-refractivity contribution in [3.8, 4) is 11.5 Å². The number of rotatable bonds is 5. The van der Waals surface area contributed by atoms with E-state index in [0.717, 1.165) is 66.4 Å². The Morgan fingerprint density at radius 2 is 1.81 bits per heavy atom. The van der Waals surface area contributed by atoms with Crippen molar-refractivity contribution in [1.82, 2.24) is 14.8 Å². The van der Waals surface area contributed by atoms with Gasteiger partial charge in [-0.05, 0) is 50.1 Å². The van der Waals surface area contributed by atoms with E-state index in [-0.39, 0.29) is 11.8 Å². The molecule has 1 saturated heterocycles. The highest BCUT2D eigenvalue weighted by Gasteiger charge is 2.29. The zero-order valence-electron chi connectivity index (χ0n) is 18.4. The number of H-pyrrole nitrogens is 1. The van der Waals surface area contributed by atoms with Crippen LogP contribution in [0.4, 0.5) is 0 Å². The molecule has 3 aromatic rings. The smallest absolute Gasteiger partial charge is 0.231 e. The molecule has 1 N–H and O–H groups in total. The van der Waals surface area contributed by atoms with E-state index >= 15 is 0 Å². The van der Waals surface area contributed by atoms with Crippen molar-refractivity contribution in [2.24, 2.45) is 0 Å². The molecule has 3 heterocycles. The van der Waals surface area contributed by atoms with Crippen LogP contribution < -0.4 is 9.47 Å². The Bertz CT molecular complexity index is 1130. The van der Waals surface area contributed by atoms with Crippen LogP contribution >= 0.6 is 0 Å². The van der Waals surface area contributed by atoms with Gasteiger partial charge in [-0.1, -0.05) is 18.2 Å². The zero-order valence-corrected chi connectivity index (χ0v) is 18.4. The van der Waals surface area contributed by atoms with Gasteiger partial charge in [0, 0.05) is 54.9 Å². The summed E-state index contributed by atoms with van der Waals surface area (Å²) in [5, 5.41) is 1.03. The molecule has 2 aliphatic rings. The second-order valence-corrected chi connectivity index (χ2v) is 8.71. The highest BCUT2D eigenvalue weighted by molar-refractivity contribution is 6.11. The molecule has 1 atom stereocenters. The molecule has 2 aliphatic heterocycles. The maximum atomic E-state index is 13.4. The number of benzene rings is 2. The van der Waals surface area contributed by atoms with Gasteiger partial charge in [-0.2, -0.15) is 0 Å². The molecule has 162 valence electrons. The lowest BCUT2D eigenvalue weighted by Gasteiger charge is -2.37. The molecule has 1 aromatic heterocycles. The summed E-state index contributed by atoms with van der Waals surface area (Å²) >= 11 is 0. The summed E-state index contributed by atoms with van der Waals surface area (Å²) in [5.74, 6) is 1.86. The lowest BCUT2D eigenvalue weighted by atomic mass is 9.99. The largest absolute Gasteiger partial charge is 0.454 e. The molecule has 0 spiro atoms. The number of ether oxygens (including phenoxy) is 2. The number of ketones is 1. The standard InChI is InChI=1S/C25H29N3O3/c1-16-4-6-20-21(12-16)26-17(2)24(20)25(29)18(3)28-10-8-27(9-11-28)14-19-5-7-22-23(13-19)31-15-30-22/h4-7,12-13,18,26H,8-11,14-15H2,1-3H3/t18-/m0/s1. The number of nitrogens with one attached hydrogen (secondary N) is 1. The van der Waals surface area contributed by atoms with Gasteiger partial charge in [-0.25, -0.2) is 0 Å². The van der Waals surface area contributed by atoms with Gasteiger partial charge in [-0.3, -0.25) is 14.6 Å². The quantitative estimate of drug-likeness (QED) is 0.636. The zero-order chi connectivity index (χ0) is 21.5. The van der Waals surface area contributed by atoms with E-state index in [1.807, 2.05) is 19.9 Å². The molecule has 2 aromatic carbocycles. The Hall–Kier alpha value is -2.83. The lowest BCUT2D eigenvalue weighted by molar-refractivity contribution is 0.0688. The number of piperazine rings is 1. The van der Waals surface area contributed by atoms with Gasteiger partial charge in [0.25, 0.3) is 0 Å². The van der Waals surface area contributed by atoms with E-state index in [1.165, 1.54) is 11.1 Å². The lowest BCUT2D eigenvalue weighted by Crippen LogP contribution is -2.51. The van der Waals surface area contributed by atoms with Crippen molar-refractivity contribution in [3.05, 3.63) is 58.8 Å². The first kappa shape index (κ1) is 20.1. The summed E-state index contributed by atoms with van der Waals surface area (Å²) in [4.78, 5) is 21.5. The average molecular weight is 420 g/mol. The minimum Gasteiger partial charge on any atom is -0.454 e. The van der Waals surface area contributed by atoms with Gasteiger partial charge in [0.1, 0.15) is 0 Å². The molecule has 0 amide bonds. The summed E-state index contributed by atoms with van der Waals surface area (Å²) in [6, 6.07) is 12.3. The van der Waals surface area contributed by atoms with E-state index in [1.54, 1.807) is 0 Å². The number of hydrogen-bond acceptors (Lipinski definition) is 5. The monoisotopic (exact) mass is 419 g/mol. The topological polar surface area (TPSA) is 57.8 Å². The molecule has 0 saturated carbocycles. The van der Waals surface area contributed by atoms with Gasteiger partial charge < -0.3 is 14.5 Å². The SMILES string of the molecule is Cc1ccc2c(C(=O)[C@H](C)N3CCN(Cc4ccc5c(c4)OCO5)CC3)c(C)[nH]c2c1. The average Bonchev–Trinajstić information content (AvgIpc) is 3.35. The minimum atomic E-state index is -0.133. The molecule has 6 heteroatoms. The van der Waals surface area contributed by atoms with E-state index in [4.69, 9.17) is 9.47 Å². The van der Waals surface area contributed by atoms with E-state index in [9.17, 15) is 4.79 Å². The Morgan fingerprint density at radius 3 is 2.61 bits per heavy atom. The van der Waals surface area contributed by atoms with Crippen molar-refractivity contribution in [2.45, 2.75) is 33.4 Å². The minimum absolute atomic E-state index is 0.133. The summed E-state index contributed by atoms with van der Waals surface area (Å²) in [7, 11) is 0. The fraction of sp³-hybridized carbons (Fsp3) is 0.400. The molecule has 5 rings (SSSR count). The Labute approximate surface area is 182 Å². The second-order valence-electron chi connectivity index (χ2n) is 8.71. The molecular formula is C25H29N3O3. The number of carbonyl (C=O) groups excluding carboxylic acids is 1. The van der Waals surface area contributed by atoms with Crippen molar-refractivity contribution in [3.63, 3.8) is 0 Å². The van der Waals surface area contributed by atoms with E-state index in [2.05, 4.69) is 52.0 Å². The van der Waals surface area contributed by atoms with Crippen molar-refractivity contribution < 1.29 is 14.3 Å². The third-order valence-corrected chi connectivity index (χ3v) is 6.57. The number of carbonyl (C=O) groups is 1. The second kappa shape index (κ2) is 8.02. The van der Waals surface area contributed by atoms with Gasteiger partial charge in [0.15, 0.2) is 17.3 Å². The summed E-state index contributed by atoms with van der Waals surface area (Å²) < 4.78 is 10.9. The molecule has 0 radical (unpaired) electrons. The third kappa shape index (κ3) is 3.82. The van der Waals surface area contributed by atoms with Crippen LogP contribution in [0.1, 0.15) is 34.1 Å². The number of aryl methyl sites for hydroxylation is 2. The maximum Gasteiger partial charge on any atom is 0.231 e. The first-order chi connectivity index (χ1) is 15.0. The molecule has 31 heavy (non-hydrogen) atoms. The van der Waals surface area contributed by atoms with Crippen LogP contribution in [0, 0.1) is 13.8 Å². The molecule has 6 nitrogen and oxygen atoms in total.